The zero-order valence-corrected chi connectivity index (χ0v) is 14.3. The van der Waals surface area contributed by atoms with Crippen molar-refractivity contribution in [1.29, 1.82) is 0 Å². The number of benzene rings is 1. The number of ether oxygens (including phenoxy) is 3. The van der Waals surface area contributed by atoms with Gasteiger partial charge in [0.1, 0.15) is 0 Å². The van der Waals surface area contributed by atoms with Crippen LogP contribution in [0.4, 0.5) is 8.78 Å². The van der Waals surface area contributed by atoms with Crippen molar-refractivity contribution in [3.8, 4) is 11.5 Å². The van der Waals surface area contributed by atoms with Crippen molar-refractivity contribution in [2.75, 3.05) is 13.2 Å². The van der Waals surface area contributed by atoms with Gasteiger partial charge in [-0.1, -0.05) is 6.07 Å². The second kappa shape index (κ2) is 10.3. The third kappa shape index (κ3) is 7.19. The lowest BCUT2D eigenvalue weighted by Gasteiger charge is -2.12. The van der Waals surface area contributed by atoms with Gasteiger partial charge >= 0.3 is 12.6 Å². The van der Waals surface area contributed by atoms with Gasteiger partial charge in [0.15, 0.2) is 17.6 Å². The Balaban J connectivity index is 2.77. The predicted molar refractivity (Wildman–Crippen MR) is 87.5 cm³/mol. The maximum Gasteiger partial charge on any atom is 0.387 e. The van der Waals surface area contributed by atoms with E-state index in [0.717, 1.165) is 6.08 Å². The van der Waals surface area contributed by atoms with Crippen molar-refractivity contribution in [3.63, 3.8) is 0 Å². The summed E-state index contributed by atoms with van der Waals surface area (Å²) in [4.78, 5) is 23.2. The van der Waals surface area contributed by atoms with E-state index in [0.29, 0.717) is 12.1 Å². The Kier molecular flexibility index (Phi) is 8.38. The van der Waals surface area contributed by atoms with Crippen molar-refractivity contribution in [2.45, 2.75) is 33.5 Å². The summed E-state index contributed by atoms with van der Waals surface area (Å²) >= 11 is 0. The number of esters is 1. The Labute approximate surface area is 144 Å². The zero-order valence-electron chi connectivity index (χ0n) is 14.3. The fourth-order valence-corrected chi connectivity index (χ4v) is 1.84. The van der Waals surface area contributed by atoms with Crippen LogP contribution in [0.2, 0.25) is 0 Å². The van der Waals surface area contributed by atoms with Gasteiger partial charge in [-0.05, 0) is 44.5 Å². The third-order valence-electron chi connectivity index (χ3n) is 2.91. The largest absolute Gasteiger partial charge is 0.490 e. The van der Waals surface area contributed by atoms with E-state index in [1.165, 1.54) is 31.2 Å². The lowest BCUT2D eigenvalue weighted by Crippen LogP contribution is -2.35. The monoisotopic (exact) mass is 357 g/mol. The highest BCUT2D eigenvalue weighted by Gasteiger charge is 2.15. The summed E-state index contributed by atoms with van der Waals surface area (Å²) in [7, 11) is 0. The average molecular weight is 357 g/mol. The minimum atomic E-state index is -2.97. The lowest BCUT2D eigenvalue weighted by atomic mass is 10.2. The van der Waals surface area contributed by atoms with Crippen LogP contribution < -0.4 is 14.8 Å². The summed E-state index contributed by atoms with van der Waals surface area (Å²) in [5, 5.41) is 2.54. The van der Waals surface area contributed by atoms with Crippen molar-refractivity contribution in [3.05, 3.63) is 29.8 Å². The first-order chi connectivity index (χ1) is 11.9. The Morgan fingerprint density at radius 2 is 1.96 bits per heavy atom. The molecule has 1 N–H and O–H groups in total. The van der Waals surface area contributed by atoms with Crippen molar-refractivity contribution < 1.29 is 32.6 Å². The second-order valence-corrected chi connectivity index (χ2v) is 4.82. The normalized spacial score (nSPS) is 12.1. The van der Waals surface area contributed by atoms with Gasteiger partial charge < -0.3 is 19.5 Å². The lowest BCUT2D eigenvalue weighted by molar-refractivity contribution is -0.150. The number of nitrogens with one attached hydrogen (secondary N) is 1. The maximum atomic E-state index is 12.4. The molecule has 0 radical (unpaired) electrons. The molecule has 0 saturated heterocycles. The molecule has 1 atom stereocenters. The molecule has 25 heavy (non-hydrogen) atoms. The van der Waals surface area contributed by atoms with E-state index in [4.69, 9.17) is 9.47 Å². The maximum absolute atomic E-state index is 12.4. The molecule has 0 aliphatic heterocycles. The molecule has 1 aromatic rings. The van der Waals surface area contributed by atoms with Crippen molar-refractivity contribution in [2.24, 2.45) is 0 Å². The SMILES string of the molecule is CCNC(=O)[C@@H](C)OC(=O)/C=C/c1ccc(OC(F)F)c(OCC)c1. The van der Waals surface area contributed by atoms with Crippen LogP contribution >= 0.6 is 0 Å². The molecule has 0 heterocycles. The van der Waals surface area contributed by atoms with E-state index in [9.17, 15) is 18.4 Å². The number of carbonyl (C=O) groups is 2. The molecule has 1 amide bonds. The molecule has 0 unspecified atom stereocenters. The van der Waals surface area contributed by atoms with Crippen LogP contribution in [0.1, 0.15) is 26.3 Å². The van der Waals surface area contributed by atoms with Gasteiger partial charge in [0.25, 0.3) is 5.91 Å². The number of likely N-dealkylation sites (N-methyl/N-ethyl adjacent to an activating group) is 1. The Hall–Kier alpha value is -2.64. The van der Waals surface area contributed by atoms with Crippen LogP contribution in [0.15, 0.2) is 24.3 Å². The van der Waals surface area contributed by atoms with Gasteiger partial charge in [-0.3, -0.25) is 4.79 Å². The summed E-state index contributed by atoms with van der Waals surface area (Å²) < 4.78 is 39.3. The Morgan fingerprint density at radius 1 is 1.24 bits per heavy atom. The molecule has 0 fully saturated rings. The molecule has 0 aromatic heterocycles. The van der Waals surface area contributed by atoms with Crippen LogP contribution in [0.5, 0.6) is 11.5 Å². The molecular formula is C17H21F2NO5. The molecular weight excluding hydrogens is 336 g/mol. The van der Waals surface area contributed by atoms with Gasteiger partial charge in [0, 0.05) is 12.6 Å². The fourth-order valence-electron chi connectivity index (χ4n) is 1.84. The molecule has 6 nitrogen and oxygen atoms in total. The highest BCUT2D eigenvalue weighted by atomic mass is 19.3. The standard InChI is InChI=1S/C17H21F2NO5/c1-4-20-16(22)11(3)24-15(21)9-7-12-6-8-13(25-17(18)19)14(10-12)23-5-2/h6-11,17H,4-5H2,1-3H3,(H,20,22)/b9-7+/t11-/m1/s1. The number of hydrogen-bond donors (Lipinski definition) is 1. The Morgan fingerprint density at radius 3 is 2.56 bits per heavy atom. The minimum Gasteiger partial charge on any atom is -0.490 e. The van der Waals surface area contributed by atoms with E-state index in [2.05, 4.69) is 10.1 Å². The fraction of sp³-hybridized carbons (Fsp3) is 0.412. The molecule has 1 rings (SSSR count). The van der Waals surface area contributed by atoms with E-state index < -0.39 is 24.6 Å². The molecule has 0 aliphatic carbocycles. The van der Waals surface area contributed by atoms with E-state index in [1.807, 2.05) is 0 Å². The van der Waals surface area contributed by atoms with Gasteiger partial charge in [-0.2, -0.15) is 8.78 Å². The summed E-state index contributed by atoms with van der Waals surface area (Å²) in [6.07, 6.45) is 1.63. The number of alkyl halides is 2. The molecule has 0 bridgehead atoms. The van der Waals surface area contributed by atoms with Crippen LogP contribution in [-0.4, -0.2) is 37.7 Å². The number of hydrogen-bond acceptors (Lipinski definition) is 5. The topological polar surface area (TPSA) is 73.9 Å². The van der Waals surface area contributed by atoms with Crippen molar-refractivity contribution in [1.82, 2.24) is 5.32 Å². The molecule has 0 saturated carbocycles. The first-order valence-corrected chi connectivity index (χ1v) is 7.75. The molecule has 8 heteroatoms. The van der Waals surface area contributed by atoms with E-state index >= 15 is 0 Å². The molecule has 138 valence electrons. The third-order valence-corrected chi connectivity index (χ3v) is 2.91. The molecule has 0 spiro atoms. The van der Waals surface area contributed by atoms with Crippen LogP contribution in [0, 0.1) is 0 Å². The zero-order chi connectivity index (χ0) is 18.8. The number of rotatable bonds is 9. The summed E-state index contributed by atoms with van der Waals surface area (Å²) in [6, 6.07) is 4.26. The first kappa shape index (κ1) is 20.4. The quantitative estimate of drug-likeness (QED) is 0.543. The average Bonchev–Trinajstić information content (AvgIpc) is 2.55. The molecule has 1 aromatic carbocycles. The number of amides is 1. The van der Waals surface area contributed by atoms with Crippen LogP contribution in [0.3, 0.4) is 0 Å². The Bertz CT molecular complexity index is 619. The second-order valence-electron chi connectivity index (χ2n) is 4.82. The van der Waals surface area contributed by atoms with E-state index in [1.54, 1.807) is 13.8 Å². The minimum absolute atomic E-state index is 0.0959. The summed E-state index contributed by atoms with van der Waals surface area (Å²) in [5.41, 5.74) is 0.521. The van der Waals surface area contributed by atoms with Crippen molar-refractivity contribution >= 4 is 18.0 Å². The van der Waals surface area contributed by atoms with E-state index in [-0.39, 0.29) is 18.1 Å². The van der Waals surface area contributed by atoms with Crippen LogP contribution in [0.25, 0.3) is 6.08 Å². The highest BCUT2D eigenvalue weighted by Crippen LogP contribution is 2.30. The first-order valence-electron chi connectivity index (χ1n) is 7.75. The number of halogens is 2. The van der Waals surface area contributed by atoms with Crippen LogP contribution in [-0.2, 0) is 14.3 Å². The summed E-state index contributed by atoms with van der Waals surface area (Å²) in [5.74, 6) is -1.06. The van der Waals surface area contributed by atoms with Gasteiger partial charge in [-0.25, -0.2) is 4.79 Å². The van der Waals surface area contributed by atoms with Gasteiger partial charge in [0.2, 0.25) is 0 Å². The highest BCUT2D eigenvalue weighted by molar-refractivity contribution is 5.90. The predicted octanol–water partition coefficient (Wildman–Crippen LogP) is 2.77. The summed E-state index contributed by atoms with van der Waals surface area (Å²) in [6.45, 7) is 2.65. The smallest absolute Gasteiger partial charge is 0.387 e. The molecule has 0 aliphatic rings. The van der Waals surface area contributed by atoms with Gasteiger partial charge in [-0.15, -0.1) is 0 Å². The van der Waals surface area contributed by atoms with Gasteiger partial charge in [0.05, 0.1) is 6.61 Å². The number of carbonyl (C=O) groups excluding carboxylic acids is 2.